The zero-order valence-electron chi connectivity index (χ0n) is 15.6. The molecule has 0 N–H and O–H groups in total. The topological polar surface area (TPSA) is 26.8 Å². The maximum Gasteiger partial charge on any atom is 0.256 e. The first-order chi connectivity index (χ1) is 12.9. The highest BCUT2D eigenvalue weighted by atomic mass is 35.5. The Hall–Kier alpha value is -1.75. The summed E-state index contributed by atoms with van der Waals surface area (Å²) in [7, 11) is 4.24. The Balaban J connectivity index is 1.54. The minimum Gasteiger partial charge on any atom is -0.370 e. The fourth-order valence-corrected chi connectivity index (χ4v) is 4.41. The van der Waals surface area contributed by atoms with Gasteiger partial charge in [0, 0.05) is 42.9 Å². The number of fused-ring (bicyclic) bond motifs is 1. The zero-order valence-corrected chi connectivity index (χ0v) is 17.1. The number of nitrogens with zero attached hydrogens (tertiary/aromatic N) is 3. The molecule has 4 nitrogen and oxygen atoms in total. The van der Waals surface area contributed by atoms with Crippen LogP contribution in [0.2, 0.25) is 10.0 Å². The summed E-state index contributed by atoms with van der Waals surface area (Å²) in [5, 5.41) is 1.25. The molecule has 2 aliphatic rings. The molecule has 1 amide bonds. The Morgan fingerprint density at radius 2 is 1.89 bits per heavy atom. The van der Waals surface area contributed by atoms with Crippen LogP contribution in [0.4, 0.5) is 5.69 Å². The van der Waals surface area contributed by atoms with Crippen molar-refractivity contribution in [1.29, 1.82) is 0 Å². The predicted molar refractivity (Wildman–Crippen MR) is 111 cm³/mol. The van der Waals surface area contributed by atoms with Crippen LogP contribution in [0.1, 0.15) is 27.9 Å². The summed E-state index contributed by atoms with van der Waals surface area (Å²) < 4.78 is 0. The molecule has 1 atom stereocenters. The van der Waals surface area contributed by atoms with Crippen LogP contribution < -0.4 is 4.90 Å². The molecule has 1 saturated heterocycles. The van der Waals surface area contributed by atoms with E-state index in [0.717, 1.165) is 36.3 Å². The van der Waals surface area contributed by atoms with Crippen molar-refractivity contribution in [2.75, 3.05) is 32.1 Å². The lowest BCUT2D eigenvalue weighted by atomic mass is 10.1. The molecule has 1 fully saturated rings. The molecule has 142 valence electrons. The van der Waals surface area contributed by atoms with Gasteiger partial charge in [-0.3, -0.25) is 4.79 Å². The van der Waals surface area contributed by atoms with Crippen molar-refractivity contribution in [3.05, 3.63) is 63.1 Å². The zero-order chi connectivity index (χ0) is 19.1. The fourth-order valence-electron chi connectivity index (χ4n) is 3.97. The molecular formula is C21H23Cl2N3O. The van der Waals surface area contributed by atoms with Gasteiger partial charge >= 0.3 is 0 Å². The van der Waals surface area contributed by atoms with Crippen LogP contribution in [0.25, 0.3) is 0 Å². The number of likely N-dealkylation sites (N-methyl/N-ethyl adjacent to an activating group) is 1. The minimum atomic E-state index is 0.00379. The number of amides is 1. The number of carbonyl (C=O) groups is 1. The summed E-state index contributed by atoms with van der Waals surface area (Å²) in [5.41, 5.74) is 3.84. The lowest BCUT2D eigenvalue weighted by molar-refractivity contribution is 0.0767. The van der Waals surface area contributed by atoms with Crippen molar-refractivity contribution in [1.82, 2.24) is 9.80 Å². The third-order valence-electron chi connectivity index (χ3n) is 5.56. The van der Waals surface area contributed by atoms with Crippen LogP contribution in [-0.4, -0.2) is 48.9 Å². The molecule has 0 aromatic heterocycles. The lowest BCUT2D eigenvalue weighted by Crippen LogP contribution is -2.31. The first-order valence-electron chi connectivity index (χ1n) is 9.20. The molecule has 2 aromatic rings. The van der Waals surface area contributed by atoms with E-state index in [1.807, 2.05) is 35.2 Å². The van der Waals surface area contributed by atoms with Crippen molar-refractivity contribution in [3.63, 3.8) is 0 Å². The van der Waals surface area contributed by atoms with Gasteiger partial charge in [0.25, 0.3) is 5.91 Å². The largest absolute Gasteiger partial charge is 0.370 e. The van der Waals surface area contributed by atoms with Gasteiger partial charge in [-0.1, -0.05) is 35.3 Å². The van der Waals surface area contributed by atoms with Crippen LogP contribution >= 0.6 is 23.2 Å². The van der Waals surface area contributed by atoms with Gasteiger partial charge < -0.3 is 14.7 Å². The number of hydrogen-bond donors (Lipinski definition) is 0. The molecule has 1 unspecified atom stereocenters. The van der Waals surface area contributed by atoms with E-state index in [4.69, 9.17) is 23.2 Å². The molecule has 6 heteroatoms. The summed E-state index contributed by atoms with van der Waals surface area (Å²) in [6, 6.07) is 12.3. The molecular weight excluding hydrogens is 381 g/mol. The van der Waals surface area contributed by atoms with E-state index in [-0.39, 0.29) is 5.91 Å². The maximum absolute atomic E-state index is 12.9. The van der Waals surface area contributed by atoms with Gasteiger partial charge in [-0.2, -0.15) is 0 Å². The number of halogens is 2. The van der Waals surface area contributed by atoms with Gasteiger partial charge in [-0.15, -0.1) is 0 Å². The molecule has 2 heterocycles. The summed E-state index contributed by atoms with van der Waals surface area (Å²) in [4.78, 5) is 19.3. The molecule has 0 spiro atoms. The van der Waals surface area contributed by atoms with Crippen molar-refractivity contribution in [2.24, 2.45) is 0 Å². The number of anilines is 1. The quantitative estimate of drug-likeness (QED) is 0.761. The second-order valence-electron chi connectivity index (χ2n) is 7.60. The lowest BCUT2D eigenvalue weighted by Gasteiger charge is -2.22. The van der Waals surface area contributed by atoms with Crippen molar-refractivity contribution in [2.45, 2.75) is 25.6 Å². The Morgan fingerprint density at radius 1 is 1.15 bits per heavy atom. The minimum absolute atomic E-state index is 0.00379. The summed E-state index contributed by atoms with van der Waals surface area (Å²) in [6.45, 7) is 3.16. The number of benzene rings is 2. The number of rotatable bonds is 4. The highest BCUT2D eigenvalue weighted by molar-refractivity contribution is 6.34. The average molecular weight is 404 g/mol. The molecule has 27 heavy (non-hydrogen) atoms. The normalized spacial score (nSPS) is 19.3. The first-order valence-corrected chi connectivity index (χ1v) is 9.95. The van der Waals surface area contributed by atoms with Crippen LogP contribution in [0.15, 0.2) is 36.4 Å². The Bertz CT molecular complexity index is 866. The van der Waals surface area contributed by atoms with Crippen molar-refractivity contribution < 1.29 is 4.79 Å². The SMILES string of the molecule is CN(C)C1CCN(c2cc(Cl)c3c(c2)CN(Cc2ccc(Cl)cc2)C3=O)C1. The second-order valence-corrected chi connectivity index (χ2v) is 8.45. The maximum atomic E-state index is 12.9. The third-order valence-corrected chi connectivity index (χ3v) is 6.11. The van der Waals surface area contributed by atoms with E-state index in [1.165, 1.54) is 0 Å². The molecule has 0 radical (unpaired) electrons. The van der Waals surface area contributed by atoms with Crippen molar-refractivity contribution >= 4 is 34.8 Å². The van der Waals surface area contributed by atoms with Crippen LogP contribution in [0.3, 0.4) is 0 Å². The van der Waals surface area contributed by atoms with E-state index in [1.54, 1.807) is 0 Å². The van der Waals surface area contributed by atoms with Gasteiger partial charge in [0.2, 0.25) is 0 Å². The molecule has 4 rings (SSSR count). The highest BCUT2D eigenvalue weighted by Crippen LogP contribution is 2.35. The molecule has 0 saturated carbocycles. The smallest absolute Gasteiger partial charge is 0.256 e. The Kier molecular flexibility index (Phi) is 5.06. The van der Waals surface area contributed by atoms with Gasteiger partial charge in [0.1, 0.15) is 0 Å². The van der Waals surface area contributed by atoms with Crippen molar-refractivity contribution in [3.8, 4) is 0 Å². The molecule has 0 aliphatic carbocycles. The molecule has 0 bridgehead atoms. The standard InChI is InChI=1S/C21H23Cl2N3O/c1-24(2)17-7-8-25(13-17)18-9-15-12-26(21(27)20(15)19(23)10-18)11-14-3-5-16(22)6-4-14/h3-6,9-10,17H,7-8,11-13H2,1-2H3. The number of hydrogen-bond acceptors (Lipinski definition) is 3. The summed E-state index contributed by atoms with van der Waals surface area (Å²) in [6.07, 6.45) is 1.14. The first kappa shape index (κ1) is 18.6. The Morgan fingerprint density at radius 3 is 2.56 bits per heavy atom. The predicted octanol–water partition coefficient (Wildman–Crippen LogP) is 4.29. The monoisotopic (exact) mass is 403 g/mol. The molecule has 2 aliphatic heterocycles. The third kappa shape index (κ3) is 3.66. The highest BCUT2D eigenvalue weighted by Gasteiger charge is 2.32. The van der Waals surface area contributed by atoms with Gasteiger partial charge in [0.05, 0.1) is 10.6 Å². The molecule has 2 aromatic carbocycles. The van der Waals surface area contributed by atoms with Crippen LogP contribution in [0.5, 0.6) is 0 Å². The summed E-state index contributed by atoms with van der Waals surface area (Å²) in [5.74, 6) is 0.00379. The van der Waals surface area contributed by atoms with E-state index < -0.39 is 0 Å². The Labute approximate surface area is 170 Å². The van der Waals surface area contributed by atoms with E-state index in [2.05, 4.69) is 30.0 Å². The van der Waals surface area contributed by atoms with E-state index >= 15 is 0 Å². The van der Waals surface area contributed by atoms with Gasteiger partial charge in [0.15, 0.2) is 0 Å². The van der Waals surface area contributed by atoms with Crippen LogP contribution in [0, 0.1) is 0 Å². The van der Waals surface area contributed by atoms with E-state index in [9.17, 15) is 4.79 Å². The van der Waals surface area contributed by atoms with Crippen LogP contribution in [-0.2, 0) is 13.1 Å². The van der Waals surface area contributed by atoms with Gasteiger partial charge in [-0.05, 0) is 55.9 Å². The fraction of sp³-hybridized carbons (Fsp3) is 0.381. The number of carbonyl (C=O) groups excluding carboxylic acids is 1. The van der Waals surface area contributed by atoms with Gasteiger partial charge in [-0.25, -0.2) is 0 Å². The summed E-state index contributed by atoms with van der Waals surface area (Å²) >= 11 is 12.5. The average Bonchev–Trinajstić information content (AvgIpc) is 3.23. The second kappa shape index (κ2) is 7.34. The van der Waals surface area contributed by atoms with E-state index in [0.29, 0.717) is 34.7 Å².